The highest BCUT2D eigenvalue weighted by Crippen LogP contribution is 2.48. The molecular weight excluding hydrogens is 186 g/mol. The predicted octanol–water partition coefficient (Wildman–Crippen LogP) is 2.69. The minimum absolute atomic E-state index is 0.108. The molecule has 15 heavy (non-hydrogen) atoms. The summed E-state index contributed by atoms with van der Waals surface area (Å²) in [5.74, 6) is 0. The molecule has 3 N–H and O–H groups in total. The molecule has 1 rings (SSSR count). The van der Waals surface area contributed by atoms with Crippen LogP contribution >= 0.6 is 0 Å². The first-order valence-corrected chi connectivity index (χ1v) is 6.21. The lowest BCUT2D eigenvalue weighted by Gasteiger charge is -2.50. The summed E-state index contributed by atoms with van der Waals surface area (Å²) in [4.78, 5) is 0. The second-order valence-electron chi connectivity index (χ2n) is 6.31. The quantitative estimate of drug-likeness (QED) is 0.757. The van der Waals surface area contributed by atoms with Gasteiger partial charge in [0.15, 0.2) is 0 Å². The van der Waals surface area contributed by atoms with Crippen molar-refractivity contribution in [3.05, 3.63) is 0 Å². The molecule has 2 heteroatoms. The van der Waals surface area contributed by atoms with Crippen LogP contribution in [0.1, 0.15) is 59.8 Å². The molecule has 1 saturated carbocycles. The van der Waals surface area contributed by atoms with E-state index in [0.29, 0.717) is 12.0 Å². The van der Waals surface area contributed by atoms with Crippen LogP contribution in [0.3, 0.4) is 0 Å². The number of aliphatic hydroxyl groups is 1. The van der Waals surface area contributed by atoms with E-state index in [-0.39, 0.29) is 5.41 Å². The summed E-state index contributed by atoms with van der Waals surface area (Å²) < 4.78 is 0. The Morgan fingerprint density at radius 1 is 1.20 bits per heavy atom. The molecule has 0 radical (unpaired) electrons. The Bertz CT molecular complexity index is 209. The van der Waals surface area contributed by atoms with Crippen LogP contribution in [0, 0.1) is 10.8 Å². The summed E-state index contributed by atoms with van der Waals surface area (Å²) in [6.07, 6.45) is 4.99. The molecular formula is C13H27NO. The molecule has 0 amide bonds. The highest BCUT2D eigenvalue weighted by atomic mass is 16.3. The largest absolute Gasteiger partial charge is 0.389 e. The minimum atomic E-state index is -0.536. The van der Waals surface area contributed by atoms with Gasteiger partial charge in [0.2, 0.25) is 0 Å². The summed E-state index contributed by atoms with van der Waals surface area (Å²) in [7, 11) is 0. The first kappa shape index (κ1) is 13.0. The van der Waals surface area contributed by atoms with Gasteiger partial charge in [0.25, 0.3) is 0 Å². The van der Waals surface area contributed by atoms with Crippen molar-refractivity contribution in [2.24, 2.45) is 16.6 Å². The fourth-order valence-electron chi connectivity index (χ4n) is 2.61. The molecule has 0 aromatic carbocycles. The van der Waals surface area contributed by atoms with Gasteiger partial charge in [-0.25, -0.2) is 0 Å². The molecule has 0 spiro atoms. The van der Waals surface area contributed by atoms with Crippen LogP contribution in [-0.4, -0.2) is 17.3 Å². The van der Waals surface area contributed by atoms with Crippen molar-refractivity contribution in [3.63, 3.8) is 0 Å². The molecule has 1 fully saturated rings. The maximum absolute atomic E-state index is 10.7. The molecule has 1 atom stereocenters. The third-order valence-electron chi connectivity index (χ3n) is 4.79. The zero-order chi connectivity index (χ0) is 11.7. The van der Waals surface area contributed by atoms with Crippen molar-refractivity contribution in [2.75, 3.05) is 6.54 Å². The first-order chi connectivity index (χ1) is 6.79. The van der Waals surface area contributed by atoms with E-state index in [4.69, 9.17) is 5.73 Å². The molecule has 0 saturated heterocycles. The maximum atomic E-state index is 10.7. The van der Waals surface area contributed by atoms with Crippen molar-refractivity contribution in [2.45, 2.75) is 65.4 Å². The fourth-order valence-corrected chi connectivity index (χ4v) is 2.61. The van der Waals surface area contributed by atoms with Gasteiger partial charge < -0.3 is 10.8 Å². The normalized spacial score (nSPS) is 28.4. The van der Waals surface area contributed by atoms with Crippen molar-refractivity contribution < 1.29 is 5.11 Å². The zero-order valence-electron chi connectivity index (χ0n) is 10.8. The summed E-state index contributed by atoms with van der Waals surface area (Å²) in [6.45, 7) is 9.42. The van der Waals surface area contributed by atoms with E-state index in [9.17, 15) is 5.11 Å². The third kappa shape index (κ3) is 2.36. The zero-order valence-corrected chi connectivity index (χ0v) is 10.8. The molecule has 2 nitrogen and oxygen atoms in total. The van der Waals surface area contributed by atoms with Gasteiger partial charge in [-0.2, -0.15) is 0 Å². The van der Waals surface area contributed by atoms with Crippen molar-refractivity contribution in [1.29, 1.82) is 0 Å². The Morgan fingerprint density at radius 3 is 2.00 bits per heavy atom. The highest BCUT2D eigenvalue weighted by molar-refractivity contribution is 5.00. The van der Waals surface area contributed by atoms with Crippen LogP contribution in [0.4, 0.5) is 0 Å². The Kier molecular flexibility index (Phi) is 3.52. The van der Waals surface area contributed by atoms with E-state index >= 15 is 0 Å². The van der Waals surface area contributed by atoms with Crippen LogP contribution in [0.15, 0.2) is 0 Å². The molecule has 0 heterocycles. The molecule has 0 aromatic rings. The van der Waals surface area contributed by atoms with E-state index in [0.717, 1.165) is 32.1 Å². The average Bonchev–Trinajstić information content (AvgIpc) is 2.21. The lowest BCUT2D eigenvalue weighted by atomic mass is 9.60. The van der Waals surface area contributed by atoms with Gasteiger partial charge in [0.05, 0.1) is 5.60 Å². The third-order valence-corrected chi connectivity index (χ3v) is 4.79. The van der Waals surface area contributed by atoms with Crippen LogP contribution in [0.25, 0.3) is 0 Å². The Hall–Kier alpha value is -0.0800. The van der Waals surface area contributed by atoms with E-state index < -0.39 is 5.60 Å². The predicted molar refractivity (Wildman–Crippen MR) is 64.7 cm³/mol. The second-order valence-corrected chi connectivity index (χ2v) is 6.31. The van der Waals surface area contributed by atoms with Gasteiger partial charge in [-0.15, -0.1) is 0 Å². The lowest BCUT2D eigenvalue weighted by Crippen LogP contribution is -2.53. The van der Waals surface area contributed by atoms with Gasteiger partial charge in [-0.05, 0) is 37.5 Å². The summed E-state index contributed by atoms with van der Waals surface area (Å²) in [5, 5.41) is 10.7. The minimum Gasteiger partial charge on any atom is -0.389 e. The molecule has 1 unspecified atom stereocenters. The number of nitrogens with two attached hydrogens (primary N) is 1. The molecule has 90 valence electrons. The summed E-state index contributed by atoms with van der Waals surface area (Å²) in [6, 6.07) is 0. The van der Waals surface area contributed by atoms with Crippen molar-refractivity contribution in [3.8, 4) is 0 Å². The van der Waals surface area contributed by atoms with Crippen LogP contribution in [0.2, 0.25) is 0 Å². The SMILES string of the molecule is CCC(C)(CN)C1(O)CCC(C)(C)CC1. The van der Waals surface area contributed by atoms with Gasteiger partial charge in [0, 0.05) is 12.0 Å². The lowest BCUT2D eigenvalue weighted by molar-refractivity contribution is -0.116. The highest BCUT2D eigenvalue weighted by Gasteiger charge is 2.47. The van der Waals surface area contributed by atoms with E-state index in [1.54, 1.807) is 0 Å². The van der Waals surface area contributed by atoms with Gasteiger partial charge in [-0.3, -0.25) is 0 Å². The molecule has 0 aromatic heterocycles. The summed E-state index contributed by atoms with van der Waals surface area (Å²) >= 11 is 0. The van der Waals surface area contributed by atoms with Crippen molar-refractivity contribution in [1.82, 2.24) is 0 Å². The maximum Gasteiger partial charge on any atom is 0.0713 e. The second kappa shape index (κ2) is 4.06. The molecule has 0 bridgehead atoms. The van der Waals surface area contributed by atoms with E-state index in [1.165, 1.54) is 0 Å². The monoisotopic (exact) mass is 213 g/mol. The first-order valence-electron chi connectivity index (χ1n) is 6.21. The Balaban J connectivity index is 2.77. The standard InChI is InChI=1S/C13H27NO/c1-5-12(4,10-14)13(15)8-6-11(2,3)7-9-13/h15H,5-10,14H2,1-4H3. The number of rotatable bonds is 3. The van der Waals surface area contributed by atoms with Crippen molar-refractivity contribution >= 4 is 0 Å². The fraction of sp³-hybridized carbons (Fsp3) is 1.00. The number of hydrogen-bond acceptors (Lipinski definition) is 2. The Morgan fingerprint density at radius 2 is 1.67 bits per heavy atom. The smallest absolute Gasteiger partial charge is 0.0713 e. The topological polar surface area (TPSA) is 46.2 Å². The molecule has 1 aliphatic rings. The summed E-state index contributed by atoms with van der Waals surface area (Å²) in [5.41, 5.74) is 5.60. The molecule has 1 aliphatic carbocycles. The average molecular weight is 213 g/mol. The number of hydrogen-bond donors (Lipinski definition) is 2. The molecule has 0 aliphatic heterocycles. The van der Waals surface area contributed by atoms with Crippen LogP contribution in [-0.2, 0) is 0 Å². The van der Waals surface area contributed by atoms with E-state index in [1.807, 2.05) is 0 Å². The van der Waals surface area contributed by atoms with Gasteiger partial charge in [0.1, 0.15) is 0 Å². The van der Waals surface area contributed by atoms with Gasteiger partial charge >= 0.3 is 0 Å². The van der Waals surface area contributed by atoms with Gasteiger partial charge in [-0.1, -0.05) is 27.7 Å². The van der Waals surface area contributed by atoms with E-state index in [2.05, 4.69) is 27.7 Å². The van der Waals surface area contributed by atoms with Crippen LogP contribution in [0.5, 0.6) is 0 Å². The van der Waals surface area contributed by atoms with Crippen LogP contribution < -0.4 is 5.73 Å². The Labute approximate surface area is 94.2 Å².